The van der Waals surface area contributed by atoms with E-state index in [1.54, 1.807) is 0 Å². The lowest BCUT2D eigenvalue weighted by Gasteiger charge is -2.40. The Kier molecular flexibility index (Phi) is 6.42. The predicted molar refractivity (Wildman–Crippen MR) is 134 cm³/mol. The van der Waals surface area contributed by atoms with Crippen molar-refractivity contribution in [2.45, 2.75) is 65.0 Å². The zero-order valence-corrected chi connectivity index (χ0v) is 20.5. The van der Waals surface area contributed by atoms with Gasteiger partial charge in [-0.1, -0.05) is 63.5 Å². The van der Waals surface area contributed by atoms with E-state index in [4.69, 9.17) is 9.47 Å². The van der Waals surface area contributed by atoms with E-state index in [1.165, 1.54) is 17.5 Å². The molecule has 2 aliphatic rings. The first-order chi connectivity index (χ1) is 15.8. The molecule has 0 spiro atoms. The minimum Gasteiger partial charge on any atom is -0.490 e. The number of amides is 1. The van der Waals surface area contributed by atoms with Crippen molar-refractivity contribution in [3.05, 3.63) is 59.2 Å². The number of fused-ring (bicyclic) bond motifs is 3. The van der Waals surface area contributed by atoms with E-state index in [9.17, 15) is 4.79 Å². The second-order valence-electron chi connectivity index (χ2n) is 9.57. The number of aryl methyl sites for hydroxylation is 1. The quantitative estimate of drug-likeness (QED) is 0.507. The molecule has 0 aliphatic carbocycles. The molecule has 176 valence electrons. The van der Waals surface area contributed by atoms with Crippen LogP contribution >= 0.6 is 0 Å². The molecule has 0 saturated carbocycles. The zero-order chi connectivity index (χ0) is 23.6. The van der Waals surface area contributed by atoms with Gasteiger partial charge in [0.2, 0.25) is 5.91 Å². The van der Waals surface area contributed by atoms with Gasteiger partial charge < -0.3 is 19.7 Å². The third-order valence-corrected chi connectivity index (χ3v) is 6.92. The molecule has 2 aromatic rings. The van der Waals surface area contributed by atoms with Gasteiger partial charge in [-0.3, -0.25) is 4.79 Å². The Bertz CT molecular complexity index is 1060. The molecule has 1 saturated heterocycles. The number of anilines is 1. The van der Waals surface area contributed by atoms with Crippen molar-refractivity contribution in [3.63, 3.8) is 0 Å². The van der Waals surface area contributed by atoms with Crippen LogP contribution in [-0.2, 0) is 10.2 Å². The van der Waals surface area contributed by atoms with E-state index >= 15 is 0 Å². The summed E-state index contributed by atoms with van der Waals surface area (Å²) in [7, 11) is 0. The molecule has 33 heavy (non-hydrogen) atoms. The van der Waals surface area contributed by atoms with Gasteiger partial charge in [-0.05, 0) is 55.7 Å². The number of nitrogens with zero attached hydrogens (tertiary/aromatic N) is 1. The summed E-state index contributed by atoms with van der Waals surface area (Å²) in [5.41, 5.74) is 3.73. The Morgan fingerprint density at radius 3 is 2.64 bits per heavy atom. The number of unbranched alkanes of at least 4 members (excludes halogenated alkanes) is 2. The van der Waals surface area contributed by atoms with Crippen LogP contribution in [0.3, 0.4) is 0 Å². The Hall–Kier alpha value is -2.95. The van der Waals surface area contributed by atoms with Crippen molar-refractivity contribution in [1.29, 1.82) is 0 Å². The van der Waals surface area contributed by atoms with E-state index in [1.807, 2.05) is 25.1 Å². The Labute approximate surface area is 197 Å². The Morgan fingerprint density at radius 1 is 1.06 bits per heavy atom. The summed E-state index contributed by atoms with van der Waals surface area (Å²) in [6.07, 6.45) is 7.59. The number of carbonyl (C=O) groups is 1. The maximum Gasteiger partial charge on any atom is 0.241 e. The topological polar surface area (TPSA) is 50.8 Å². The maximum absolute atomic E-state index is 12.5. The fourth-order valence-electron chi connectivity index (χ4n) is 5.05. The highest BCUT2D eigenvalue weighted by molar-refractivity contribution is 5.91. The molecule has 0 radical (unpaired) electrons. The Balaban J connectivity index is 1.65. The summed E-state index contributed by atoms with van der Waals surface area (Å²) >= 11 is 0. The van der Waals surface area contributed by atoms with Crippen molar-refractivity contribution in [1.82, 2.24) is 5.32 Å². The van der Waals surface area contributed by atoms with Crippen LogP contribution in [0.4, 0.5) is 5.69 Å². The second kappa shape index (κ2) is 9.12. The first-order valence-corrected chi connectivity index (χ1v) is 12.1. The molecule has 1 N–H and O–H groups in total. The van der Waals surface area contributed by atoms with Gasteiger partial charge in [0.05, 0.1) is 19.8 Å². The average Bonchev–Trinajstić information content (AvgIpc) is 3.21. The van der Waals surface area contributed by atoms with Crippen LogP contribution in [0.2, 0.25) is 0 Å². The minimum atomic E-state index is -0.610. The number of benzene rings is 2. The third kappa shape index (κ3) is 4.09. The van der Waals surface area contributed by atoms with Crippen LogP contribution in [0, 0.1) is 6.92 Å². The number of carbonyl (C=O) groups excluding carboxylic acids is 1. The fourth-order valence-corrected chi connectivity index (χ4v) is 5.05. The highest BCUT2D eigenvalue weighted by Gasteiger charge is 2.59. The highest BCUT2D eigenvalue weighted by Crippen LogP contribution is 2.53. The lowest BCUT2D eigenvalue weighted by Crippen LogP contribution is -2.58. The van der Waals surface area contributed by atoms with E-state index in [0.29, 0.717) is 19.8 Å². The molecule has 1 unspecified atom stereocenters. The normalized spacial score (nSPS) is 20.6. The summed E-state index contributed by atoms with van der Waals surface area (Å²) in [5, 5.41) is 3.29. The van der Waals surface area contributed by atoms with Gasteiger partial charge in [-0.25, -0.2) is 0 Å². The highest BCUT2D eigenvalue weighted by atomic mass is 16.5. The van der Waals surface area contributed by atoms with Crippen LogP contribution in [0.25, 0.3) is 6.08 Å². The van der Waals surface area contributed by atoms with Crippen molar-refractivity contribution >= 4 is 17.7 Å². The molecule has 5 nitrogen and oxygen atoms in total. The molecule has 5 heteroatoms. The van der Waals surface area contributed by atoms with E-state index in [0.717, 1.165) is 35.6 Å². The largest absolute Gasteiger partial charge is 0.490 e. The molecule has 1 atom stereocenters. The molecule has 1 fully saturated rings. The maximum atomic E-state index is 12.5. The SMILES string of the molecule is CCCCCOc1ccc(/C=C/C23NC(=O)CN2c2ccc(C)cc2C3(C)C)cc1OCC. The number of ether oxygens (including phenoxy) is 2. The molecule has 2 aromatic carbocycles. The molecule has 4 rings (SSSR count). The Morgan fingerprint density at radius 2 is 1.88 bits per heavy atom. The fraction of sp³-hybridized carbons (Fsp3) is 0.464. The summed E-state index contributed by atoms with van der Waals surface area (Å²) < 4.78 is 11.9. The van der Waals surface area contributed by atoms with Gasteiger partial charge in [0, 0.05) is 11.1 Å². The molecule has 0 aromatic heterocycles. The van der Waals surface area contributed by atoms with Gasteiger partial charge in [0.25, 0.3) is 0 Å². The molecule has 1 amide bonds. The number of hydrogen-bond acceptors (Lipinski definition) is 4. The third-order valence-electron chi connectivity index (χ3n) is 6.92. The van der Waals surface area contributed by atoms with Crippen LogP contribution in [-0.4, -0.2) is 31.3 Å². The van der Waals surface area contributed by atoms with Gasteiger partial charge in [0.1, 0.15) is 5.66 Å². The summed E-state index contributed by atoms with van der Waals surface area (Å²) in [6, 6.07) is 12.5. The van der Waals surface area contributed by atoms with Crippen LogP contribution in [0.15, 0.2) is 42.5 Å². The first kappa shape index (κ1) is 23.2. The van der Waals surface area contributed by atoms with E-state index in [-0.39, 0.29) is 11.3 Å². The van der Waals surface area contributed by atoms with Gasteiger partial charge in [0.15, 0.2) is 11.5 Å². The van der Waals surface area contributed by atoms with E-state index in [2.05, 4.69) is 68.3 Å². The molecule has 2 heterocycles. The lowest BCUT2D eigenvalue weighted by atomic mass is 9.75. The number of hydrogen-bond donors (Lipinski definition) is 1. The van der Waals surface area contributed by atoms with Crippen LogP contribution in [0.5, 0.6) is 11.5 Å². The molecular weight excluding hydrogens is 412 g/mol. The number of nitrogens with one attached hydrogen (secondary N) is 1. The lowest BCUT2D eigenvalue weighted by molar-refractivity contribution is -0.118. The summed E-state index contributed by atoms with van der Waals surface area (Å²) in [4.78, 5) is 14.7. The minimum absolute atomic E-state index is 0.0461. The average molecular weight is 449 g/mol. The van der Waals surface area contributed by atoms with Crippen molar-refractivity contribution < 1.29 is 14.3 Å². The predicted octanol–water partition coefficient (Wildman–Crippen LogP) is 5.60. The summed E-state index contributed by atoms with van der Waals surface area (Å²) in [6.45, 7) is 12.3. The van der Waals surface area contributed by atoms with Gasteiger partial charge in [-0.15, -0.1) is 0 Å². The second-order valence-corrected chi connectivity index (χ2v) is 9.57. The van der Waals surface area contributed by atoms with Crippen LogP contribution < -0.4 is 19.7 Å². The molecule has 0 bridgehead atoms. The van der Waals surface area contributed by atoms with Crippen molar-refractivity contribution in [2.24, 2.45) is 0 Å². The van der Waals surface area contributed by atoms with Crippen molar-refractivity contribution in [2.75, 3.05) is 24.7 Å². The van der Waals surface area contributed by atoms with Crippen LogP contribution in [0.1, 0.15) is 63.6 Å². The summed E-state index contributed by atoms with van der Waals surface area (Å²) in [5.74, 6) is 1.58. The monoisotopic (exact) mass is 448 g/mol. The first-order valence-electron chi connectivity index (χ1n) is 12.1. The molecular formula is C28H36N2O3. The van der Waals surface area contributed by atoms with Crippen molar-refractivity contribution in [3.8, 4) is 11.5 Å². The molecule has 2 aliphatic heterocycles. The van der Waals surface area contributed by atoms with E-state index < -0.39 is 5.66 Å². The number of rotatable bonds is 9. The van der Waals surface area contributed by atoms with Gasteiger partial charge in [-0.2, -0.15) is 0 Å². The zero-order valence-electron chi connectivity index (χ0n) is 20.5. The standard InChI is InChI=1S/C28H36N2O3/c1-6-8-9-16-33-24-13-11-21(18-25(24)32-7-2)14-15-28-27(4,5)22-17-20(3)10-12-23(22)30(28)19-26(31)29-28/h10-15,17-18H,6-9,16,19H2,1-5H3,(H,29,31)/b15-14+. The smallest absolute Gasteiger partial charge is 0.241 e. The van der Waals surface area contributed by atoms with Gasteiger partial charge >= 0.3 is 0 Å².